The van der Waals surface area contributed by atoms with Gasteiger partial charge in [0.05, 0.1) is 12.6 Å². The van der Waals surface area contributed by atoms with Crippen molar-refractivity contribution in [3.8, 4) is 0 Å². The molecule has 28 heavy (non-hydrogen) atoms. The number of rotatable bonds is 15. The Morgan fingerprint density at radius 1 is 1.46 bits per heavy atom. The third-order valence-electron chi connectivity index (χ3n) is 4.34. The normalized spacial score (nSPS) is 18.0. The molecule has 1 fully saturated rings. The molecule has 1 amide bonds. The Bertz CT molecular complexity index is 519. The number of carbonyl (C=O) groups excluding carboxylic acids is 2. The second-order valence-electron chi connectivity index (χ2n) is 6.35. The van der Waals surface area contributed by atoms with Gasteiger partial charge in [0.25, 0.3) is 0 Å². The van der Waals surface area contributed by atoms with Crippen molar-refractivity contribution in [3.63, 3.8) is 0 Å². The predicted octanol–water partition coefficient (Wildman–Crippen LogP) is 2.25. The molecular weight excluding hydrogens is 401 g/mol. The Morgan fingerprint density at radius 3 is 2.75 bits per heavy atom. The van der Waals surface area contributed by atoms with Gasteiger partial charge in [-0.05, 0) is 25.5 Å². The fourth-order valence-electron chi connectivity index (χ4n) is 2.68. The second-order valence-corrected chi connectivity index (χ2v) is 11.0. The highest BCUT2D eigenvalue weighted by molar-refractivity contribution is 8.58. The highest BCUT2D eigenvalue weighted by Crippen LogP contribution is 2.67. The van der Waals surface area contributed by atoms with Gasteiger partial charge in [0, 0.05) is 38.2 Å². The van der Waals surface area contributed by atoms with Crippen LogP contribution in [-0.2, 0) is 18.8 Å². The van der Waals surface area contributed by atoms with E-state index in [4.69, 9.17) is 9.26 Å². The summed E-state index contributed by atoms with van der Waals surface area (Å²) >= 11 is 1.43. The number of hydrogen-bond acceptors (Lipinski definition) is 8. The van der Waals surface area contributed by atoms with Crippen LogP contribution in [-0.4, -0.2) is 67.2 Å². The van der Waals surface area contributed by atoms with Crippen molar-refractivity contribution in [2.75, 3.05) is 33.9 Å². The van der Waals surface area contributed by atoms with Crippen LogP contribution in [0.2, 0.25) is 0 Å². The lowest BCUT2D eigenvalue weighted by molar-refractivity contribution is -0.116. The smallest absolute Gasteiger partial charge is 0.379 e. The first-order valence-corrected chi connectivity index (χ1v) is 12.5. The van der Waals surface area contributed by atoms with Crippen molar-refractivity contribution < 1.29 is 23.7 Å². The number of hydrogen-bond donors (Lipinski definition) is 3. The average Bonchev–Trinajstić information content (AvgIpc) is 3.21. The molecule has 1 aliphatic rings. The van der Waals surface area contributed by atoms with Crippen molar-refractivity contribution in [1.29, 1.82) is 0 Å². The van der Waals surface area contributed by atoms with E-state index in [0.29, 0.717) is 18.2 Å². The third-order valence-corrected chi connectivity index (χ3v) is 8.94. The van der Waals surface area contributed by atoms with Gasteiger partial charge in [-0.15, -0.1) is 5.09 Å². The van der Waals surface area contributed by atoms with Crippen molar-refractivity contribution >= 4 is 30.6 Å². The first-order chi connectivity index (χ1) is 13.5. The largest absolute Gasteiger partial charge is 0.410 e. The first-order valence-electron chi connectivity index (χ1n) is 9.40. The van der Waals surface area contributed by atoms with E-state index in [1.807, 2.05) is 0 Å². The highest BCUT2D eigenvalue weighted by Gasteiger charge is 2.44. The number of nitrogens with one attached hydrogen (secondary N) is 2. The molecular formula is C18H33N3O5PS+. The van der Waals surface area contributed by atoms with Gasteiger partial charge in [-0.25, -0.2) is 0 Å². The van der Waals surface area contributed by atoms with Crippen LogP contribution in [0.3, 0.4) is 0 Å². The number of ether oxygens (including phenoxy) is 1. The van der Waals surface area contributed by atoms with Crippen molar-refractivity contribution in [2.24, 2.45) is 0 Å². The zero-order valence-electron chi connectivity index (χ0n) is 16.7. The Balaban J connectivity index is 2.54. The zero-order chi connectivity index (χ0) is 20.8. The van der Waals surface area contributed by atoms with E-state index in [-0.39, 0.29) is 25.2 Å². The van der Waals surface area contributed by atoms with E-state index in [1.165, 1.54) is 17.5 Å². The molecule has 1 saturated carbocycles. The molecule has 0 aromatic rings. The predicted molar refractivity (Wildman–Crippen MR) is 115 cm³/mol. The lowest BCUT2D eigenvalue weighted by atomic mass is 10.2. The Morgan fingerprint density at radius 2 is 2.18 bits per heavy atom. The SMILES string of the molecule is C=CN(/C=C\C(=O)NC)CCC(CO[P+](O)(NCC=O)SC1CCCC1)OC. The van der Waals surface area contributed by atoms with Crippen LogP contribution < -0.4 is 10.4 Å². The quantitative estimate of drug-likeness (QED) is 0.205. The Kier molecular flexibility index (Phi) is 12.6. The lowest BCUT2D eigenvalue weighted by Crippen LogP contribution is -2.27. The summed E-state index contributed by atoms with van der Waals surface area (Å²) in [5, 5.41) is 5.73. The summed E-state index contributed by atoms with van der Waals surface area (Å²) in [5.41, 5.74) is 0. The van der Waals surface area contributed by atoms with Crippen molar-refractivity contribution in [2.45, 2.75) is 43.5 Å². The Hall–Kier alpha value is -0.960. The van der Waals surface area contributed by atoms with Gasteiger partial charge < -0.3 is 19.7 Å². The van der Waals surface area contributed by atoms with Gasteiger partial charge >= 0.3 is 7.07 Å². The van der Waals surface area contributed by atoms with Crippen LogP contribution in [0.1, 0.15) is 32.1 Å². The van der Waals surface area contributed by atoms with E-state index in [9.17, 15) is 14.5 Å². The Labute approximate surface area is 172 Å². The molecule has 0 saturated heterocycles. The molecule has 0 aliphatic heterocycles. The molecule has 1 aliphatic carbocycles. The minimum atomic E-state index is -2.93. The molecule has 0 aromatic carbocycles. The van der Waals surface area contributed by atoms with E-state index in [0.717, 1.165) is 32.0 Å². The van der Waals surface area contributed by atoms with Crippen LogP contribution in [0.5, 0.6) is 0 Å². The van der Waals surface area contributed by atoms with Gasteiger partial charge in [0.1, 0.15) is 24.3 Å². The summed E-state index contributed by atoms with van der Waals surface area (Å²) in [7, 11) is 0.224. The molecule has 160 valence electrons. The van der Waals surface area contributed by atoms with E-state index >= 15 is 0 Å². The maximum Gasteiger partial charge on any atom is 0.410 e. The summed E-state index contributed by atoms with van der Waals surface area (Å²) in [5.74, 6) is -0.196. The van der Waals surface area contributed by atoms with Crippen molar-refractivity contribution in [1.82, 2.24) is 15.3 Å². The number of amides is 1. The third kappa shape index (κ3) is 10.0. The van der Waals surface area contributed by atoms with Gasteiger partial charge in [-0.3, -0.25) is 4.79 Å². The number of carbonyl (C=O) groups is 2. The van der Waals surface area contributed by atoms with Crippen molar-refractivity contribution in [3.05, 3.63) is 25.1 Å². The molecule has 8 nitrogen and oxygen atoms in total. The molecule has 0 heterocycles. The van der Waals surface area contributed by atoms with Crippen LogP contribution in [0, 0.1) is 0 Å². The highest BCUT2D eigenvalue weighted by atomic mass is 32.7. The maximum absolute atomic E-state index is 11.3. The van der Waals surface area contributed by atoms with Crippen LogP contribution in [0.15, 0.2) is 25.1 Å². The number of methoxy groups -OCH3 is 1. The summed E-state index contributed by atoms with van der Waals surface area (Å²) in [6, 6.07) is 0. The van der Waals surface area contributed by atoms with Crippen LogP contribution >= 0.6 is 18.5 Å². The van der Waals surface area contributed by atoms with Gasteiger partial charge in [-0.1, -0.05) is 19.4 Å². The van der Waals surface area contributed by atoms with Crippen LogP contribution in [0.4, 0.5) is 0 Å². The summed E-state index contributed by atoms with van der Waals surface area (Å²) in [6.45, 7) is 4.57. The fourth-order valence-corrected chi connectivity index (χ4v) is 7.19. The van der Waals surface area contributed by atoms with E-state index in [1.54, 1.807) is 31.5 Å². The number of likely N-dealkylation sites (N-methyl/N-ethyl adjacent to an activating group) is 1. The monoisotopic (exact) mass is 434 g/mol. The molecule has 0 radical (unpaired) electrons. The molecule has 0 aromatic heterocycles. The second kappa shape index (κ2) is 14.1. The minimum Gasteiger partial charge on any atom is -0.379 e. The van der Waals surface area contributed by atoms with E-state index < -0.39 is 7.07 Å². The molecule has 0 bridgehead atoms. The standard InChI is InChI=1S/C18H32N3O5PS/c1-4-21(13-10-18(23)19-2)12-9-16(25-3)15-26-27(24,20-11-14-22)28-17-7-5-6-8-17/h4,10,13-14,16-17,20,24H,1,5-9,11-12,15H2,2-3H3/p+1/b13-10-. The topological polar surface area (TPSA) is 100 Å². The molecule has 2 unspecified atom stereocenters. The number of aldehydes is 1. The lowest BCUT2D eigenvalue weighted by Gasteiger charge is -2.23. The molecule has 1 rings (SSSR count). The summed E-state index contributed by atoms with van der Waals surface area (Å²) in [4.78, 5) is 34.7. The number of nitrogens with zero attached hydrogens (tertiary/aromatic N) is 1. The maximum atomic E-state index is 11.3. The first kappa shape index (κ1) is 25.1. The van der Waals surface area contributed by atoms with Crippen LogP contribution in [0.25, 0.3) is 0 Å². The van der Waals surface area contributed by atoms with Gasteiger partial charge in [0.15, 0.2) is 0 Å². The zero-order valence-corrected chi connectivity index (χ0v) is 18.4. The van der Waals surface area contributed by atoms with E-state index in [2.05, 4.69) is 17.0 Å². The minimum absolute atomic E-state index is 0.0518. The molecule has 2 atom stereocenters. The fraction of sp³-hybridized carbons (Fsp3) is 0.667. The van der Waals surface area contributed by atoms with Gasteiger partial charge in [0.2, 0.25) is 5.91 Å². The van der Waals surface area contributed by atoms with Gasteiger partial charge in [-0.2, -0.15) is 9.42 Å². The molecule has 3 N–H and O–H groups in total. The molecule has 10 heteroatoms. The average molecular weight is 435 g/mol. The summed E-state index contributed by atoms with van der Waals surface area (Å²) < 4.78 is 11.3. The molecule has 0 spiro atoms. The summed E-state index contributed by atoms with van der Waals surface area (Å²) in [6.07, 6.45) is 10.2.